The minimum Gasteiger partial charge on any atom is -0.480 e. The highest BCUT2D eigenvalue weighted by Gasteiger charge is 2.29. The van der Waals surface area contributed by atoms with Crippen LogP contribution in [0, 0.1) is 6.92 Å². The molecule has 0 saturated heterocycles. The number of ether oxygens (including phenoxy) is 2. The van der Waals surface area contributed by atoms with Gasteiger partial charge < -0.3 is 14.8 Å². The summed E-state index contributed by atoms with van der Waals surface area (Å²) in [5, 5.41) is 2.93. The molecule has 4 heteroatoms. The van der Waals surface area contributed by atoms with E-state index in [-0.39, 0.29) is 5.91 Å². The Labute approximate surface area is 152 Å². The van der Waals surface area contributed by atoms with E-state index in [0.29, 0.717) is 17.9 Å². The molecule has 1 unspecified atom stereocenters. The molecule has 0 aliphatic carbocycles. The Bertz CT molecular complexity index is 926. The lowest BCUT2D eigenvalue weighted by Crippen LogP contribution is -2.31. The van der Waals surface area contributed by atoms with Gasteiger partial charge in [0.15, 0.2) is 11.9 Å². The van der Waals surface area contributed by atoms with Gasteiger partial charge in [0, 0.05) is 6.42 Å². The largest absolute Gasteiger partial charge is 0.480 e. The Balaban J connectivity index is 1.49. The van der Waals surface area contributed by atoms with Gasteiger partial charge in [0.05, 0.1) is 5.69 Å². The minimum atomic E-state index is -0.528. The number of hydrogen-bond donors (Lipinski definition) is 1. The number of hydrogen-bond acceptors (Lipinski definition) is 3. The van der Waals surface area contributed by atoms with Crippen LogP contribution in [0.2, 0.25) is 0 Å². The van der Waals surface area contributed by atoms with Gasteiger partial charge in [-0.2, -0.15) is 0 Å². The van der Waals surface area contributed by atoms with Gasteiger partial charge in [-0.15, -0.1) is 0 Å². The van der Waals surface area contributed by atoms with Gasteiger partial charge in [0.2, 0.25) is 0 Å². The van der Waals surface area contributed by atoms with Crippen molar-refractivity contribution in [2.24, 2.45) is 0 Å². The van der Waals surface area contributed by atoms with E-state index in [1.165, 1.54) is 0 Å². The maximum Gasteiger partial charge on any atom is 0.265 e. The zero-order valence-corrected chi connectivity index (χ0v) is 14.4. The van der Waals surface area contributed by atoms with Gasteiger partial charge in [-0.1, -0.05) is 42.5 Å². The van der Waals surface area contributed by atoms with E-state index in [4.69, 9.17) is 9.47 Å². The smallest absolute Gasteiger partial charge is 0.265 e. The second-order valence-corrected chi connectivity index (χ2v) is 6.32. The molecule has 3 aromatic carbocycles. The zero-order valence-electron chi connectivity index (χ0n) is 14.4. The van der Waals surface area contributed by atoms with E-state index in [1.54, 1.807) is 0 Å². The van der Waals surface area contributed by atoms with E-state index in [9.17, 15) is 4.79 Å². The van der Waals surface area contributed by atoms with Crippen LogP contribution in [-0.4, -0.2) is 12.0 Å². The molecule has 0 fully saturated rings. The highest BCUT2D eigenvalue weighted by atomic mass is 16.5. The molecule has 4 rings (SSSR count). The average Bonchev–Trinajstić information content (AvgIpc) is 3.08. The molecule has 1 heterocycles. The lowest BCUT2D eigenvalue weighted by atomic mass is 10.1. The first-order valence-electron chi connectivity index (χ1n) is 8.58. The van der Waals surface area contributed by atoms with Crippen molar-refractivity contribution in [3.05, 3.63) is 83.9 Å². The second kappa shape index (κ2) is 6.92. The third kappa shape index (κ3) is 3.40. The SMILES string of the molecule is Cc1cccc(Oc2ccccc2NC(=O)C2Cc3ccccc3O2)c1. The number of aryl methyl sites for hydroxylation is 1. The lowest BCUT2D eigenvalue weighted by molar-refractivity contribution is -0.122. The molecule has 3 aromatic rings. The van der Waals surface area contributed by atoms with Crippen LogP contribution in [-0.2, 0) is 11.2 Å². The first kappa shape index (κ1) is 16.2. The summed E-state index contributed by atoms with van der Waals surface area (Å²) in [6, 6.07) is 22.9. The Morgan fingerprint density at radius 3 is 2.69 bits per heavy atom. The normalized spacial score (nSPS) is 15.0. The summed E-state index contributed by atoms with van der Waals surface area (Å²) in [5.74, 6) is 1.93. The fourth-order valence-electron chi connectivity index (χ4n) is 3.01. The topological polar surface area (TPSA) is 47.6 Å². The summed E-state index contributed by atoms with van der Waals surface area (Å²) in [6.07, 6.45) is 0.0440. The van der Waals surface area contributed by atoms with Crippen molar-refractivity contribution in [2.75, 3.05) is 5.32 Å². The van der Waals surface area contributed by atoms with E-state index >= 15 is 0 Å². The van der Waals surface area contributed by atoms with Gasteiger partial charge in [-0.25, -0.2) is 0 Å². The predicted molar refractivity (Wildman–Crippen MR) is 101 cm³/mol. The minimum absolute atomic E-state index is 0.179. The molecule has 130 valence electrons. The number of carbonyl (C=O) groups is 1. The number of anilines is 1. The Morgan fingerprint density at radius 1 is 1.04 bits per heavy atom. The highest BCUT2D eigenvalue weighted by Crippen LogP contribution is 2.32. The third-order valence-corrected chi connectivity index (χ3v) is 4.30. The van der Waals surface area contributed by atoms with Crippen molar-refractivity contribution >= 4 is 11.6 Å². The van der Waals surface area contributed by atoms with Crippen LogP contribution in [0.25, 0.3) is 0 Å². The van der Waals surface area contributed by atoms with Gasteiger partial charge in [-0.05, 0) is 48.4 Å². The number of nitrogens with one attached hydrogen (secondary N) is 1. The number of amides is 1. The first-order chi connectivity index (χ1) is 12.7. The third-order valence-electron chi connectivity index (χ3n) is 4.30. The van der Waals surface area contributed by atoms with E-state index in [0.717, 1.165) is 22.6 Å². The molecule has 1 amide bonds. The molecule has 1 atom stereocenters. The number of para-hydroxylation sites is 3. The number of rotatable bonds is 4. The van der Waals surface area contributed by atoms with E-state index in [1.807, 2.05) is 79.7 Å². The molecular weight excluding hydrogens is 326 g/mol. The standard InChI is InChI=1S/C22H19NO3/c1-15-7-6-9-17(13-15)25-20-12-5-3-10-18(20)23-22(24)21-14-16-8-2-4-11-19(16)26-21/h2-13,21H,14H2,1H3,(H,23,24). The van der Waals surface area contributed by atoms with Crippen LogP contribution in [0.5, 0.6) is 17.2 Å². The van der Waals surface area contributed by atoms with Crippen LogP contribution in [0.4, 0.5) is 5.69 Å². The van der Waals surface area contributed by atoms with Crippen LogP contribution >= 0.6 is 0 Å². The van der Waals surface area contributed by atoms with Crippen molar-refractivity contribution in [3.8, 4) is 17.2 Å². The summed E-state index contributed by atoms with van der Waals surface area (Å²) in [5.41, 5.74) is 2.79. The fraction of sp³-hybridized carbons (Fsp3) is 0.136. The maximum absolute atomic E-state index is 12.7. The molecule has 1 aliphatic rings. The van der Waals surface area contributed by atoms with Crippen molar-refractivity contribution in [3.63, 3.8) is 0 Å². The van der Waals surface area contributed by atoms with Gasteiger partial charge in [-0.3, -0.25) is 4.79 Å². The summed E-state index contributed by atoms with van der Waals surface area (Å²) >= 11 is 0. The molecule has 1 N–H and O–H groups in total. The molecule has 0 radical (unpaired) electrons. The summed E-state index contributed by atoms with van der Waals surface area (Å²) in [4.78, 5) is 12.7. The predicted octanol–water partition coefficient (Wildman–Crippen LogP) is 4.73. The summed E-state index contributed by atoms with van der Waals surface area (Å²) in [6.45, 7) is 2.01. The monoisotopic (exact) mass is 345 g/mol. The second-order valence-electron chi connectivity index (χ2n) is 6.32. The van der Waals surface area contributed by atoms with Crippen molar-refractivity contribution in [1.82, 2.24) is 0 Å². The average molecular weight is 345 g/mol. The Kier molecular flexibility index (Phi) is 4.32. The quantitative estimate of drug-likeness (QED) is 0.744. The molecule has 26 heavy (non-hydrogen) atoms. The van der Waals surface area contributed by atoms with Gasteiger partial charge >= 0.3 is 0 Å². The Hall–Kier alpha value is -3.27. The van der Waals surface area contributed by atoms with Gasteiger partial charge in [0.25, 0.3) is 5.91 Å². The van der Waals surface area contributed by atoms with Crippen molar-refractivity contribution < 1.29 is 14.3 Å². The van der Waals surface area contributed by atoms with Crippen LogP contribution in [0.15, 0.2) is 72.8 Å². The Morgan fingerprint density at radius 2 is 1.85 bits per heavy atom. The maximum atomic E-state index is 12.7. The number of fused-ring (bicyclic) bond motifs is 1. The first-order valence-corrected chi connectivity index (χ1v) is 8.58. The van der Waals surface area contributed by atoms with E-state index < -0.39 is 6.10 Å². The number of carbonyl (C=O) groups excluding carboxylic acids is 1. The van der Waals surface area contributed by atoms with Gasteiger partial charge in [0.1, 0.15) is 11.5 Å². The zero-order chi connectivity index (χ0) is 17.9. The van der Waals surface area contributed by atoms with Crippen LogP contribution in [0.1, 0.15) is 11.1 Å². The molecule has 0 saturated carbocycles. The van der Waals surface area contributed by atoms with Crippen LogP contribution < -0.4 is 14.8 Å². The molecule has 0 bridgehead atoms. The van der Waals surface area contributed by atoms with E-state index in [2.05, 4.69) is 5.32 Å². The summed E-state index contributed by atoms with van der Waals surface area (Å²) < 4.78 is 11.7. The van der Waals surface area contributed by atoms with Crippen LogP contribution in [0.3, 0.4) is 0 Å². The fourth-order valence-corrected chi connectivity index (χ4v) is 3.01. The molecule has 0 aromatic heterocycles. The molecule has 0 spiro atoms. The molecule has 1 aliphatic heterocycles. The lowest BCUT2D eigenvalue weighted by Gasteiger charge is -2.15. The number of benzene rings is 3. The molecular formula is C22H19NO3. The molecule has 4 nitrogen and oxygen atoms in total. The van der Waals surface area contributed by atoms with Crippen molar-refractivity contribution in [2.45, 2.75) is 19.4 Å². The summed E-state index contributed by atoms with van der Waals surface area (Å²) in [7, 11) is 0. The van der Waals surface area contributed by atoms with Crippen molar-refractivity contribution in [1.29, 1.82) is 0 Å². The highest BCUT2D eigenvalue weighted by molar-refractivity contribution is 5.96.